The number of alkyl halides is 2. The van der Waals surface area contributed by atoms with Crippen LogP contribution < -0.4 is 15.4 Å². The van der Waals surface area contributed by atoms with E-state index < -0.39 is 24.1 Å². The maximum Gasteiger partial charge on any atom is 0.387 e. The highest BCUT2D eigenvalue weighted by atomic mass is 19.3. The largest absolute Gasteiger partial charge is 0.432 e. The third-order valence-electron chi connectivity index (χ3n) is 1.94. The van der Waals surface area contributed by atoms with E-state index in [0.29, 0.717) is 0 Å². The molecule has 1 aromatic carbocycles. The van der Waals surface area contributed by atoms with Crippen molar-refractivity contribution in [3.05, 3.63) is 24.0 Å². The molecule has 2 N–H and O–H groups in total. The lowest BCUT2D eigenvalue weighted by Crippen LogP contribution is -2.28. The lowest BCUT2D eigenvalue weighted by Gasteiger charge is -2.08. The highest BCUT2D eigenvalue weighted by molar-refractivity contribution is 5.92. The van der Waals surface area contributed by atoms with E-state index >= 15 is 0 Å². The standard InChI is InChI=1S/C12H11F3N2O2/c1-2-5-16-7-11(18)17-8-3-4-10(9(13)6-8)19-12(14)15/h1,3-4,6,12,16H,5,7H2,(H,17,18). The Kier molecular flexibility index (Phi) is 5.70. The summed E-state index contributed by atoms with van der Waals surface area (Å²) in [5, 5.41) is 5.01. The van der Waals surface area contributed by atoms with Crippen LogP contribution in [0.25, 0.3) is 0 Å². The fraction of sp³-hybridized carbons (Fsp3) is 0.250. The molecule has 0 saturated carbocycles. The normalized spacial score (nSPS) is 10.1. The van der Waals surface area contributed by atoms with Gasteiger partial charge in [-0.25, -0.2) is 4.39 Å². The number of hydrogen-bond donors (Lipinski definition) is 2. The summed E-state index contributed by atoms with van der Waals surface area (Å²) >= 11 is 0. The Balaban J connectivity index is 2.58. The number of halogens is 3. The Hall–Kier alpha value is -2.20. The maximum atomic E-state index is 13.3. The zero-order valence-corrected chi connectivity index (χ0v) is 9.75. The van der Waals surface area contributed by atoms with Gasteiger partial charge in [-0.1, -0.05) is 5.92 Å². The molecule has 4 nitrogen and oxygen atoms in total. The molecule has 1 aromatic rings. The Labute approximate surface area is 107 Å². The number of benzene rings is 1. The minimum absolute atomic E-state index is 0.0406. The first kappa shape index (κ1) is 14.9. The molecule has 0 aromatic heterocycles. The number of rotatable bonds is 6. The van der Waals surface area contributed by atoms with Gasteiger partial charge in [0.05, 0.1) is 13.1 Å². The molecule has 0 spiro atoms. The van der Waals surface area contributed by atoms with Crippen LogP contribution in [0.4, 0.5) is 18.9 Å². The Morgan fingerprint density at radius 2 is 2.21 bits per heavy atom. The predicted octanol–water partition coefficient (Wildman–Crippen LogP) is 1.59. The van der Waals surface area contributed by atoms with Crippen LogP contribution in [-0.4, -0.2) is 25.6 Å². The molecule has 19 heavy (non-hydrogen) atoms. The summed E-state index contributed by atoms with van der Waals surface area (Å²) in [6, 6.07) is 3.14. The lowest BCUT2D eigenvalue weighted by atomic mass is 10.3. The molecule has 1 amide bonds. The first-order valence-electron chi connectivity index (χ1n) is 5.21. The van der Waals surface area contributed by atoms with Crippen molar-refractivity contribution >= 4 is 11.6 Å². The van der Waals surface area contributed by atoms with Crippen LogP contribution in [-0.2, 0) is 4.79 Å². The second kappa shape index (κ2) is 7.28. The average Bonchev–Trinajstić information content (AvgIpc) is 2.32. The molecule has 0 radical (unpaired) electrons. The molecular weight excluding hydrogens is 261 g/mol. The minimum Gasteiger partial charge on any atom is -0.432 e. The van der Waals surface area contributed by atoms with Gasteiger partial charge in [-0.15, -0.1) is 6.42 Å². The third kappa shape index (κ3) is 5.31. The van der Waals surface area contributed by atoms with Gasteiger partial charge in [-0.05, 0) is 12.1 Å². The van der Waals surface area contributed by atoms with Crippen LogP contribution in [0.1, 0.15) is 0 Å². The van der Waals surface area contributed by atoms with Crippen molar-refractivity contribution in [2.75, 3.05) is 18.4 Å². The summed E-state index contributed by atoms with van der Waals surface area (Å²) in [6.07, 6.45) is 4.97. The molecule has 0 heterocycles. The van der Waals surface area contributed by atoms with Crippen LogP contribution in [0.3, 0.4) is 0 Å². The van der Waals surface area contributed by atoms with Crippen LogP contribution in [0.2, 0.25) is 0 Å². The van der Waals surface area contributed by atoms with Crippen LogP contribution in [0.5, 0.6) is 5.75 Å². The van der Waals surface area contributed by atoms with Gasteiger partial charge in [0.1, 0.15) is 0 Å². The van der Waals surface area contributed by atoms with E-state index in [2.05, 4.69) is 21.3 Å². The predicted molar refractivity (Wildman–Crippen MR) is 63.4 cm³/mol. The first-order valence-corrected chi connectivity index (χ1v) is 5.21. The van der Waals surface area contributed by atoms with Gasteiger partial charge >= 0.3 is 6.61 Å². The average molecular weight is 272 g/mol. The first-order chi connectivity index (χ1) is 9.02. The summed E-state index contributed by atoms with van der Waals surface area (Å²) in [6.45, 7) is -2.92. The van der Waals surface area contributed by atoms with E-state index in [1.807, 2.05) is 0 Å². The van der Waals surface area contributed by atoms with Gasteiger partial charge in [0, 0.05) is 11.8 Å². The number of amides is 1. The van der Waals surface area contributed by atoms with Gasteiger partial charge < -0.3 is 10.1 Å². The summed E-state index contributed by atoms with van der Waals surface area (Å²) in [5.41, 5.74) is 0.131. The molecular formula is C12H11F3N2O2. The summed E-state index contributed by atoms with van der Waals surface area (Å²) < 4.78 is 41.0. The smallest absolute Gasteiger partial charge is 0.387 e. The SMILES string of the molecule is C#CCNCC(=O)Nc1ccc(OC(F)F)c(F)c1. The number of nitrogens with one attached hydrogen (secondary N) is 2. The van der Waals surface area contributed by atoms with Crippen molar-refractivity contribution in [2.45, 2.75) is 6.61 Å². The van der Waals surface area contributed by atoms with Crippen molar-refractivity contribution in [3.8, 4) is 18.1 Å². The molecule has 0 fully saturated rings. The molecule has 0 aliphatic rings. The van der Waals surface area contributed by atoms with E-state index in [4.69, 9.17) is 6.42 Å². The molecule has 0 aliphatic heterocycles. The van der Waals surface area contributed by atoms with Gasteiger partial charge in [-0.2, -0.15) is 8.78 Å². The number of anilines is 1. The fourth-order valence-corrected chi connectivity index (χ4v) is 1.22. The third-order valence-corrected chi connectivity index (χ3v) is 1.94. The van der Waals surface area contributed by atoms with Crippen LogP contribution >= 0.6 is 0 Å². The summed E-state index contributed by atoms with van der Waals surface area (Å²) in [4.78, 5) is 11.3. The maximum absolute atomic E-state index is 13.3. The molecule has 0 unspecified atom stereocenters. The minimum atomic E-state index is -3.11. The number of terminal acetylenes is 1. The topological polar surface area (TPSA) is 50.4 Å². The zero-order valence-electron chi connectivity index (χ0n) is 9.75. The van der Waals surface area contributed by atoms with Crippen molar-refractivity contribution in [2.24, 2.45) is 0 Å². The van der Waals surface area contributed by atoms with E-state index in [9.17, 15) is 18.0 Å². The van der Waals surface area contributed by atoms with Gasteiger partial charge in [0.25, 0.3) is 0 Å². The molecule has 1 rings (SSSR count). The van der Waals surface area contributed by atoms with Crippen molar-refractivity contribution < 1.29 is 22.7 Å². The monoisotopic (exact) mass is 272 g/mol. The molecule has 102 valence electrons. The number of ether oxygens (including phenoxy) is 1. The molecule has 7 heteroatoms. The van der Waals surface area contributed by atoms with Crippen molar-refractivity contribution in [1.29, 1.82) is 0 Å². The van der Waals surface area contributed by atoms with Gasteiger partial charge in [0.2, 0.25) is 5.91 Å². The number of carbonyl (C=O) groups excluding carboxylic acids is 1. The molecule has 0 saturated heterocycles. The van der Waals surface area contributed by atoms with Crippen molar-refractivity contribution in [3.63, 3.8) is 0 Å². The van der Waals surface area contributed by atoms with E-state index in [0.717, 1.165) is 12.1 Å². The number of hydrogen-bond acceptors (Lipinski definition) is 3. The van der Waals surface area contributed by atoms with Gasteiger partial charge in [0.15, 0.2) is 11.6 Å². The molecule has 0 aliphatic carbocycles. The molecule has 0 atom stereocenters. The van der Waals surface area contributed by atoms with E-state index in [-0.39, 0.29) is 18.8 Å². The highest BCUT2D eigenvalue weighted by Crippen LogP contribution is 2.22. The van der Waals surface area contributed by atoms with Crippen LogP contribution in [0, 0.1) is 18.2 Å². The fourth-order valence-electron chi connectivity index (χ4n) is 1.22. The highest BCUT2D eigenvalue weighted by Gasteiger charge is 2.11. The van der Waals surface area contributed by atoms with Crippen molar-refractivity contribution in [1.82, 2.24) is 5.32 Å². The Bertz CT molecular complexity index is 486. The van der Waals surface area contributed by atoms with E-state index in [1.165, 1.54) is 6.07 Å². The quantitative estimate of drug-likeness (QED) is 0.610. The number of carbonyl (C=O) groups is 1. The molecule has 0 bridgehead atoms. The second-order valence-electron chi connectivity index (χ2n) is 3.38. The second-order valence-corrected chi connectivity index (χ2v) is 3.38. The van der Waals surface area contributed by atoms with Gasteiger partial charge in [-0.3, -0.25) is 10.1 Å². The Morgan fingerprint density at radius 1 is 1.47 bits per heavy atom. The van der Waals surface area contributed by atoms with E-state index in [1.54, 1.807) is 0 Å². The Morgan fingerprint density at radius 3 is 2.79 bits per heavy atom. The zero-order chi connectivity index (χ0) is 14.3. The van der Waals surface area contributed by atoms with Crippen LogP contribution in [0.15, 0.2) is 18.2 Å². The summed E-state index contributed by atoms with van der Waals surface area (Å²) in [7, 11) is 0. The lowest BCUT2D eigenvalue weighted by molar-refractivity contribution is -0.115. The summed E-state index contributed by atoms with van der Waals surface area (Å²) in [5.74, 6) is 0.274.